The standard InChI is InChI=1S/C26H20F4N4O/c1-15-9-22(32-14-21(15)18-4-3-5-20(27)10-18)25(35)34-13-17-8-16(2)24(33-12-17)19-6-7-31-23(11-19)26(28,29)30/h3-12,14H,13H2,1-2H3,(H,34,35). The van der Waals surface area contributed by atoms with Crippen LogP contribution in [0.4, 0.5) is 17.6 Å². The second-order valence-corrected chi connectivity index (χ2v) is 8.01. The minimum Gasteiger partial charge on any atom is -0.347 e. The lowest BCUT2D eigenvalue weighted by atomic mass is 10.0. The number of amides is 1. The second kappa shape index (κ2) is 9.61. The van der Waals surface area contributed by atoms with Gasteiger partial charge in [0.15, 0.2) is 0 Å². The predicted molar refractivity (Wildman–Crippen MR) is 123 cm³/mol. The van der Waals surface area contributed by atoms with Crippen molar-refractivity contribution in [2.75, 3.05) is 0 Å². The van der Waals surface area contributed by atoms with E-state index in [2.05, 4.69) is 20.3 Å². The van der Waals surface area contributed by atoms with Crippen LogP contribution in [0.15, 0.2) is 67.1 Å². The van der Waals surface area contributed by atoms with E-state index in [1.807, 2.05) is 6.92 Å². The number of nitrogens with one attached hydrogen (secondary N) is 1. The molecule has 0 bridgehead atoms. The molecule has 3 aromatic heterocycles. The lowest BCUT2D eigenvalue weighted by Gasteiger charge is -2.11. The fourth-order valence-electron chi connectivity index (χ4n) is 3.68. The van der Waals surface area contributed by atoms with Crippen LogP contribution in [0.25, 0.3) is 22.4 Å². The molecule has 0 unspecified atom stereocenters. The van der Waals surface area contributed by atoms with Gasteiger partial charge in [-0.1, -0.05) is 18.2 Å². The van der Waals surface area contributed by atoms with E-state index in [0.717, 1.165) is 23.4 Å². The number of nitrogens with zero attached hydrogens (tertiary/aromatic N) is 3. The molecule has 3 heterocycles. The molecule has 5 nitrogen and oxygen atoms in total. The van der Waals surface area contributed by atoms with E-state index in [1.54, 1.807) is 31.2 Å². The van der Waals surface area contributed by atoms with Crippen LogP contribution < -0.4 is 5.32 Å². The first-order valence-electron chi connectivity index (χ1n) is 10.6. The molecule has 0 aliphatic heterocycles. The number of hydrogen-bond donors (Lipinski definition) is 1. The van der Waals surface area contributed by atoms with Gasteiger partial charge in [0.25, 0.3) is 5.91 Å². The van der Waals surface area contributed by atoms with E-state index in [1.165, 1.54) is 30.6 Å². The molecule has 0 saturated heterocycles. The van der Waals surface area contributed by atoms with E-state index >= 15 is 0 Å². The van der Waals surface area contributed by atoms with Gasteiger partial charge in [-0.2, -0.15) is 13.2 Å². The van der Waals surface area contributed by atoms with Crippen LogP contribution in [-0.2, 0) is 12.7 Å². The summed E-state index contributed by atoms with van der Waals surface area (Å²) in [4.78, 5) is 24.5. The number of alkyl halides is 3. The third kappa shape index (κ3) is 5.51. The number of carbonyl (C=O) groups is 1. The SMILES string of the molecule is Cc1cc(C(=O)NCc2cnc(-c3ccnc(C(F)(F)F)c3)c(C)c2)ncc1-c1cccc(F)c1. The third-order valence-electron chi connectivity index (χ3n) is 5.39. The minimum atomic E-state index is -4.55. The third-order valence-corrected chi connectivity index (χ3v) is 5.39. The van der Waals surface area contributed by atoms with Crippen LogP contribution in [0.3, 0.4) is 0 Å². The van der Waals surface area contributed by atoms with Crippen LogP contribution in [0.1, 0.15) is 32.9 Å². The Hall–Kier alpha value is -4.14. The van der Waals surface area contributed by atoms with Crippen LogP contribution in [-0.4, -0.2) is 20.9 Å². The first kappa shape index (κ1) is 24.0. The van der Waals surface area contributed by atoms with E-state index in [-0.39, 0.29) is 18.1 Å². The summed E-state index contributed by atoms with van der Waals surface area (Å²) < 4.78 is 52.4. The highest BCUT2D eigenvalue weighted by atomic mass is 19.4. The lowest BCUT2D eigenvalue weighted by Crippen LogP contribution is -2.24. The summed E-state index contributed by atoms with van der Waals surface area (Å²) >= 11 is 0. The van der Waals surface area contributed by atoms with Crippen molar-refractivity contribution in [3.8, 4) is 22.4 Å². The van der Waals surface area contributed by atoms with Crippen molar-refractivity contribution in [2.45, 2.75) is 26.6 Å². The van der Waals surface area contributed by atoms with Gasteiger partial charge in [-0.05, 0) is 66.4 Å². The monoisotopic (exact) mass is 480 g/mol. The first-order valence-corrected chi connectivity index (χ1v) is 10.6. The molecule has 1 aromatic carbocycles. The topological polar surface area (TPSA) is 67.8 Å². The minimum absolute atomic E-state index is 0.156. The Labute approximate surface area is 198 Å². The molecular formula is C26H20F4N4O. The van der Waals surface area contributed by atoms with Gasteiger partial charge in [0.2, 0.25) is 0 Å². The average Bonchev–Trinajstić information content (AvgIpc) is 2.82. The molecule has 4 rings (SSSR count). The van der Waals surface area contributed by atoms with Gasteiger partial charge in [0.05, 0.1) is 5.69 Å². The van der Waals surface area contributed by atoms with Crippen LogP contribution in [0.2, 0.25) is 0 Å². The van der Waals surface area contributed by atoms with E-state index in [4.69, 9.17) is 0 Å². The van der Waals surface area contributed by atoms with Crippen molar-refractivity contribution >= 4 is 5.91 Å². The van der Waals surface area contributed by atoms with Crippen molar-refractivity contribution in [3.05, 3.63) is 101 Å². The highest BCUT2D eigenvalue weighted by Gasteiger charge is 2.32. The Morgan fingerprint density at radius 1 is 0.914 bits per heavy atom. The molecule has 35 heavy (non-hydrogen) atoms. The van der Waals surface area contributed by atoms with Gasteiger partial charge in [-0.25, -0.2) is 4.39 Å². The summed E-state index contributed by atoms with van der Waals surface area (Å²) in [5.41, 5.74) is 3.42. The van der Waals surface area contributed by atoms with Crippen LogP contribution in [0.5, 0.6) is 0 Å². The normalized spacial score (nSPS) is 11.4. The number of halogens is 4. The zero-order chi connectivity index (χ0) is 25.2. The molecule has 0 aliphatic carbocycles. The maximum atomic E-state index is 13.5. The molecule has 1 N–H and O–H groups in total. The number of aromatic nitrogens is 3. The highest BCUT2D eigenvalue weighted by molar-refractivity contribution is 5.93. The van der Waals surface area contributed by atoms with Crippen molar-refractivity contribution in [2.24, 2.45) is 0 Å². The average molecular weight is 480 g/mol. The van der Waals surface area contributed by atoms with Crippen LogP contribution in [0, 0.1) is 19.7 Å². The molecule has 178 valence electrons. The molecule has 0 spiro atoms. The smallest absolute Gasteiger partial charge is 0.347 e. The summed E-state index contributed by atoms with van der Waals surface area (Å²) in [6.45, 7) is 3.70. The molecular weight excluding hydrogens is 460 g/mol. The predicted octanol–water partition coefficient (Wildman–Crippen LogP) is 5.91. The molecule has 1 amide bonds. The fraction of sp³-hybridized carbons (Fsp3) is 0.154. The molecule has 4 aromatic rings. The molecule has 0 fully saturated rings. The number of benzene rings is 1. The Balaban J connectivity index is 1.46. The van der Waals surface area contributed by atoms with Gasteiger partial charge in [-0.15, -0.1) is 0 Å². The number of hydrogen-bond acceptors (Lipinski definition) is 4. The van der Waals surface area contributed by atoms with E-state index < -0.39 is 17.8 Å². The van der Waals surface area contributed by atoms with Crippen molar-refractivity contribution < 1.29 is 22.4 Å². The largest absolute Gasteiger partial charge is 0.433 e. The summed E-state index contributed by atoms with van der Waals surface area (Å²) in [5.74, 6) is -0.757. The number of rotatable bonds is 5. The van der Waals surface area contributed by atoms with Gasteiger partial charge in [-0.3, -0.25) is 19.7 Å². The van der Waals surface area contributed by atoms with E-state index in [0.29, 0.717) is 27.9 Å². The van der Waals surface area contributed by atoms with Gasteiger partial charge in [0.1, 0.15) is 17.2 Å². The molecule has 0 saturated carbocycles. The molecule has 0 aliphatic rings. The Kier molecular flexibility index (Phi) is 6.59. The number of pyridine rings is 3. The first-order chi connectivity index (χ1) is 16.6. The zero-order valence-electron chi connectivity index (χ0n) is 18.8. The highest BCUT2D eigenvalue weighted by Crippen LogP contribution is 2.31. The van der Waals surface area contributed by atoms with Gasteiger partial charge >= 0.3 is 6.18 Å². The van der Waals surface area contributed by atoms with Crippen LogP contribution >= 0.6 is 0 Å². The summed E-state index contributed by atoms with van der Waals surface area (Å²) in [7, 11) is 0. The maximum absolute atomic E-state index is 13.5. The van der Waals surface area contributed by atoms with E-state index in [9.17, 15) is 22.4 Å². The zero-order valence-corrected chi connectivity index (χ0v) is 18.8. The molecule has 0 atom stereocenters. The van der Waals surface area contributed by atoms with Gasteiger partial charge < -0.3 is 5.32 Å². The number of carbonyl (C=O) groups excluding carboxylic acids is 1. The Morgan fingerprint density at radius 3 is 2.40 bits per heavy atom. The Morgan fingerprint density at radius 2 is 1.71 bits per heavy atom. The molecule has 0 radical (unpaired) electrons. The summed E-state index contributed by atoms with van der Waals surface area (Å²) in [6, 6.07) is 11.9. The molecule has 9 heteroatoms. The second-order valence-electron chi connectivity index (χ2n) is 8.01. The fourth-order valence-corrected chi connectivity index (χ4v) is 3.68. The maximum Gasteiger partial charge on any atom is 0.433 e. The quantitative estimate of drug-likeness (QED) is 0.361. The Bertz CT molecular complexity index is 1400. The van der Waals surface area contributed by atoms with Crippen molar-refractivity contribution in [1.82, 2.24) is 20.3 Å². The van der Waals surface area contributed by atoms with Gasteiger partial charge in [0, 0.05) is 36.3 Å². The summed E-state index contributed by atoms with van der Waals surface area (Å²) in [5, 5.41) is 2.77. The summed E-state index contributed by atoms with van der Waals surface area (Å²) in [6.07, 6.45) is -0.413. The van der Waals surface area contributed by atoms with Crippen molar-refractivity contribution in [1.29, 1.82) is 0 Å². The number of aryl methyl sites for hydroxylation is 2. The lowest BCUT2D eigenvalue weighted by molar-refractivity contribution is -0.141. The van der Waals surface area contributed by atoms with Crippen molar-refractivity contribution in [3.63, 3.8) is 0 Å².